The van der Waals surface area contributed by atoms with Crippen molar-refractivity contribution in [3.8, 4) is 5.75 Å². The quantitative estimate of drug-likeness (QED) is 0.571. The van der Waals surface area contributed by atoms with Crippen molar-refractivity contribution >= 4 is 23.0 Å². The molecule has 0 saturated carbocycles. The van der Waals surface area contributed by atoms with E-state index in [1.165, 1.54) is 6.07 Å². The summed E-state index contributed by atoms with van der Waals surface area (Å²) in [5.41, 5.74) is 0.986. The van der Waals surface area contributed by atoms with Crippen LogP contribution < -0.4 is 15.4 Å². The van der Waals surface area contributed by atoms with E-state index in [0.29, 0.717) is 23.7 Å². The number of ether oxygens (including phenoxy) is 1. The van der Waals surface area contributed by atoms with Crippen molar-refractivity contribution in [2.45, 2.75) is 13.3 Å². The SMILES string of the molecule is CCOc1ccccc1NC(=O)CCNc1ccccc1[N+](=O)[O-]. The van der Waals surface area contributed by atoms with Gasteiger partial charge in [-0.15, -0.1) is 0 Å². The third kappa shape index (κ3) is 4.70. The van der Waals surface area contributed by atoms with Crippen LogP contribution in [0.25, 0.3) is 0 Å². The van der Waals surface area contributed by atoms with Crippen molar-refractivity contribution in [3.05, 3.63) is 58.6 Å². The Bertz CT molecular complexity index is 718. The fourth-order valence-electron chi connectivity index (χ4n) is 2.16. The fraction of sp³-hybridized carbons (Fsp3) is 0.235. The number of nitro benzene ring substituents is 1. The van der Waals surface area contributed by atoms with Gasteiger partial charge in [0.05, 0.1) is 17.2 Å². The number of para-hydroxylation sites is 4. The average Bonchev–Trinajstić information content (AvgIpc) is 2.57. The summed E-state index contributed by atoms with van der Waals surface area (Å²) in [5.74, 6) is 0.410. The molecule has 2 N–H and O–H groups in total. The number of nitrogens with one attached hydrogen (secondary N) is 2. The predicted molar refractivity (Wildman–Crippen MR) is 92.4 cm³/mol. The molecule has 2 aromatic rings. The number of amides is 1. The normalized spacial score (nSPS) is 10.0. The van der Waals surface area contributed by atoms with E-state index < -0.39 is 4.92 Å². The van der Waals surface area contributed by atoms with Gasteiger partial charge in [-0.05, 0) is 25.1 Å². The Labute approximate surface area is 139 Å². The zero-order valence-corrected chi connectivity index (χ0v) is 13.3. The molecule has 0 saturated heterocycles. The maximum absolute atomic E-state index is 12.0. The zero-order valence-electron chi connectivity index (χ0n) is 13.3. The average molecular weight is 329 g/mol. The molecule has 7 nitrogen and oxygen atoms in total. The highest BCUT2D eigenvalue weighted by Crippen LogP contribution is 2.24. The maximum atomic E-state index is 12.0. The number of hydrogen-bond donors (Lipinski definition) is 2. The van der Waals surface area contributed by atoms with E-state index in [2.05, 4.69) is 10.6 Å². The molecule has 0 aliphatic heterocycles. The van der Waals surface area contributed by atoms with Crippen LogP contribution in [0.3, 0.4) is 0 Å². The van der Waals surface area contributed by atoms with E-state index in [9.17, 15) is 14.9 Å². The number of anilines is 2. The molecule has 126 valence electrons. The van der Waals surface area contributed by atoms with Crippen LogP contribution in [-0.4, -0.2) is 24.0 Å². The summed E-state index contributed by atoms with van der Waals surface area (Å²) < 4.78 is 5.45. The number of carbonyl (C=O) groups is 1. The lowest BCUT2D eigenvalue weighted by Crippen LogP contribution is -2.17. The number of carbonyl (C=O) groups excluding carboxylic acids is 1. The smallest absolute Gasteiger partial charge is 0.292 e. The fourth-order valence-corrected chi connectivity index (χ4v) is 2.16. The van der Waals surface area contributed by atoms with Crippen LogP contribution in [0, 0.1) is 10.1 Å². The highest BCUT2D eigenvalue weighted by Gasteiger charge is 2.12. The molecule has 0 aliphatic rings. The van der Waals surface area contributed by atoms with Crippen LogP contribution in [0.5, 0.6) is 5.75 Å². The molecular formula is C17H19N3O4. The third-order valence-electron chi connectivity index (χ3n) is 3.23. The Kier molecular flexibility index (Phi) is 6.13. The van der Waals surface area contributed by atoms with E-state index in [0.717, 1.165) is 0 Å². The van der Waals surface area contributed by atoms with Gasteiger partial charge in [-0.2, -0.15) is 0 Å². The van der Waals surface area contributed by atoms with Crippen LogP contribution in [0.2, 0.25) is 0 Å². The van der Waals surface area contributed by atoms with Crippen molar-refractivity contribution in [1.29, 1.82) is 0 Å². The van der Waals surface area contributed by atoms with Gasteiger partial charge in [0.25, 0.3) is 5.69 Å². The molecule has 0 aliphatic carbocycles. The van der Waals surface area contributed by atoms with E-state index in [1.54, 1.807) is 30.3 Å². The van der Waals surface area contributed by atoms with Crippen LogP contribution in [0.4, 0.5) is 17.1 Å². The number of nitrogens with zero attached hydrogens (tertiary/aromatic N) is 1. The molecule has 0 bridgehead atoms. The molecule has 24 heavy (non-hydrogen) atoms. The van der Waals surface area contributed by atoms with Gasteiger partial charge in [-0.3, -0.25) is 14.9 Å². The number of hydrogen-bond acceptors (Lipinski definition) is 5. The molecule has 1 amide bonds. The molecule has 0 unspecified atom stereocenters. The summed E-state index contributed by atoms with van der Waals surface area (Å²) in [4.78, 5) is 22.5. The first kappa shape index (κ1) is 17.3. The molecule has 0 atom stereocenters. The Morgan fingerprint density at radius 2 is 1.79 bits per heavy atom. The first-order valence-electron chi connectivity index (χ1n) is 7.60. The molecule has 0 radical (unpaired) electrons. The van der Waals surface area contributed by atoms with E-state index in [-0.39, 0.29) is 24.6 Å². The second-order valence-corrected chi connectivity index (χ2v) is 4.93. The van der Waals surface area contributed by atoms with E-state index in [1.807, 2.05) is 19.1 Å². The molecule has 2 rings (SSSR count). The molecule has 0 aromatic heterocycles. The van der Waals surface area contributed by atoms with Gasteiger partial charge in [0.1, 0.15) is 11.4 Å². The lowest BCUT2D eigenvalue weighted by atomic mass is 10.2. The molecular weight excluding hydrogens is 310 g/mol. The van der Waals surface area contributed by atoms with Crippen LogP contribution in [0.15, 0.2) is 48.5 Å². The van der Waals surface area contributed by atoms with Crippen LogP contribution in [-0.2, 0) is 4.79 Å². The Hall–Kier alpha value is -3.09. The minimum atomic E-state index is -0.458. The summed E-state index contributed by atoms with van der Waals surface area (Å²) in [6.45, 7) is 2.66. The summed E-state index contributed by atoms with van der Waals surface area (Å²) >= 11 is 0. The Morgan fingerprint density at radius 1 is 1.12 bits per heavy atom. The summed E-state index contributed by atoms with van der Waals surface area (Å²) in [7, 11) is 0. The molecule has 0 fully saturated rings. The topological polar surface area (TPSA) is 93.5 Å². The Balaban J connectivity index is 1.90. The summed E-state index contributed by atoms with van der Waals surface area (Å²) in [6.07, 6.45) is 0.173. The van der Waals surface area contributed by atoms with Gasteiger partial charge in [-0.25, -0.2) is 0 Å². The highest BCUT2D eigenvalue weighted by molar-refractivity contribution is 5.92. The Morgan fingerprint density at radius 3 is 2.50 bits per heavy atom. The molecule has 0 spiro atoms. The van der Waals surface area contributed by atoms with Crippen molar-refractivity contribution < 1.29 is 14.5 Å². The van der Waals surface area contributed by atoms with E-state index >= 15 is 0 Å². The molecule has 0 heterocycles. The van der Waals surface area contributed by atoms with Gasteiger partial charge < -0.3 is 15.4 Å². The summed E-state index contributed by atoms with van der Waals surface area (Å²) in [5, 5.41) is 16.6. The van der Waals surface area contributed by atoms with Gasteiger partial charge in [0, 0.05) is 19.0 Å². The number of benzene rings is 2. The van der Waals surface area contributed by atoms with Crippen molar-refractivity contribution in [2.75, 3.05) is 23.8 Å². The van der Waals surface area contributed by atoms with Crippen molar-refractivity contribution in [3.63, 3.8) is 0 Å². The first-order valence-corrected chi connectivity index (χ1v) is 7.60. The van der Waals surface area contributed by atoms with Crippen molar-refractivity contribution in [1.82, 2.24) is 0 Å². The second-order valence-electron chi connectivity index (χ2n) is 4.93. The predicted octanol–water partition coefficient (Wildman–Crippen LogP) is 3.43. The van der Waals surface area contributed by atoms with Gasteiger partial charge in [0.15, 0.2) is 0 Å². The second kappa shape index (κ2) is 8.52. The third-order valence-corrected chi connectivity index (χ3v) is 3.23. The van der Waals surface area contributed by atoms with E-state index in [4.69, 9.17) is 4.74 Å². The minimum absolute atomic E-state index is 0.0143. The highest BCUT2D eigenvalue weighted by atomic mass is 16.6. The summed E-state index contributed by atoms with van der Waals surface area (Å²) in [6, 6.07) is 13.5. The zero-order chi connectivity index (χ0) is 17.4. The molecule has 7 heteroatoms. The van der Waals surface area contributed by atoms with Crippen LogP contribution >= 0.6 is 0 Å². The van der Waals surface area contributed by atoms with Gasteiger partial charge >= 0.3 is 0 Å². The van der Waals surface area contributed by atoms with Gasteiger partial charge in [0.2, 0.25) is 5.91 Å². The number of rotatable bonds is 8. The van der Waals surface area contributed by atoms with Gasteiger partial charge in [-0.1, -0.05) is 24.3 Å². The van der Waals surface area contributed by atoms with Crippen molar-refractivity contribution in [2.24, 2.45) is 0 Å². The standard InChI is InChI=1S/C17H19N3O4/c1-2-24-16-10-6-4-8-14(16)19-17(21)11-12-18-13-7-3-5-9-15(13)20(22)23/h3-10,18H,2,11-12H2,1H3,(H,19,21). The monoisotopic (exact) mass is 329 g/mol. The van der Waals surface area contributed by atoms with Crippen LogP contribution in [0.1, 0.15) is 13.3 Å². The first-order chi connectivity index (χ1) is 11.6. The lowest BCUT2D eigenvalue weighted by Gasteiger charge is -2.11. The maximum Gasteiger partial charge on any atom is 0.292 e. The largest absolute Gasteiger partial charge is 0.492 e. The molecule has 2 aromatic carbocycles. The lowest BCUT2D eigenvalue weighted by molar-refractivity contribution is -0.384. The number of nitro groups is 1. The minimum Gasteiger partial charge on any atom is -0.492 e.